The Morgan fingerprint density at radius 1 is 1.14 bits per heavy atom. The number of carbonyl (C=O) groups is 1. The highest BCUT2D eigenvalue weighted by atomic mass is 79.9. The predicted molar refractivity (Wildman–Crippen MR) is 147 cm³/mol. The van der Waals surface area contributed by atoms with Gasteiger partial charge in [0.05, 0.1) is 16.1 Å². The Hall–Kier alpha value is -2.53. The van der Waals surface area contributed by atoms with Crippen LogP contribution in [0.4, 0.5) is 10.5 Å². The van der Waals surface area contributed by atoms with Gasteiger partial charge in [-0.25, -0.2) is 13.2 Å². The van der Waals surface area contributed by atoms with Crippen LogP contribution in [0.1, 0.15) is 25.5 Å². The van der Waals surface area contributed by atoms with Crippen LogP contribution in [0.2, 0.25) is 0 Å². The van der Waals surface area contributed by atoms with Crippen LogP contribution in [0.25, 0.3) is 10.9 Å². The number of benzene rings is 2. The van der Waals surface area contributed by atoms with E-state index in [9.17, 15) is 13.2 Å². The maximum Gasteiger partial charge on any atom is 0.319 e. The molecule has 192 valence electrons. The van der Waals surface area contributed by atoms with Crippen molar-refractivity contribution in [3.63, 3.8) is 0 Å². The monoisotopic (exact) mass is 573 g/mol. The second-order valence-electron chi connectivity index (χ2n) is 8.94. The topological polar surface area (TPSA) is 94.6 Å². The van der Waals surface area contributed by atoms with Crippen LogP contribution in [-0.2, 0) is 10.0 Å². The number of carbonyl (C=O) groups excluding carboxylic acids is 1. The van der Waals surface area contributed by atoms with Crippen molar-refractivity contribution in [2.45, 2.75) is 37.6 Å². The largest absolute Gasteiger partial charge is 0.337 e. The molecule has 1 aliphatic heterocycles. The average molecular weight is 575 g/mol. The highest BCUT2D eigenvalue weighted by molar-refractivity contribution is 9.10. The third-order valence-electron chi connectivity index (χ3n) is 6.50. The SMILES string of the molecule is CCN(C1CCN(CCNC(=O)Nc2cc(C)nc3ccccc23)CC1)S(=O)(=O)c1ccc(Br)cc1. The van der Waals surface area contributed by atoms with E-state index >= 15 is 0 Å². The van der Waals surface area contributed by atoms with E-state index in [0.29, 0.717) is 24.5 Å². The van der Waals surface area contributed by atoms with E-state index in [1.54, 1.807) is 28.6 Å². The molecule has 8 nitrogen and oxygen atoms in total. The van der Waals surface area contributed by atoms with Crippen LogP contribution in [0.5, 0.6) is 0 Å². The lowest BCUT2D eigenvalue weighted by atomic mass is 10.1. The Balaban J connectivity index is 1.26. The van der Waals surface area contributed by atoms with Crippen LogP contribution < -0.4 is 10.6 Å². The summed E-state index contributed by atoms with van der Waals surface area (Å²) in [4.78, 5) is 19.6. The van der Waals surface area contributed by atoms with Crippen molar-refractivity contribution in [2.75, 3.05) is 38.0 Å². The number of aryl methyl sites for hydroxylation is 1. The maximum atomic E-state index is 13.2. The van der Waals surface area contributed by atoms with Crippen LogP contribution in [0.3, 0.4) is 0 Å². The Morgan fingerprint density at radius 2 is 1.83 bits per heavy atom. The average Bonchev–Trinajstić information content (AvgIpc) is 2.85. The summed E-state index contributed by atoms with van der Waals surface area (Å²) >= 11 is 3.36. The van der Waals surface area contributed by atoms with E-state index < -0.39 is 10.0 Å². The van der Waals surface area contributed by atoms with E-state index in [2.05, 4.69) is 36.4 Å². The summed E-state index contributed by atoms with van der Waals surface area (Å²) in [5.41, 5.74) is 2.43. The molecule has 4 rings (SSSR count). The number of nitrogens with zero attached hydrogens (tertiary/aromatic N) is 3. The number of piperidine rings is 1. The number of anilines is 1. The van der Waals surface area contributed by atoms with E-state index in [0.717, 1.165) is 52.7 Å². The van der Waals surface area contributed by atoms with Gasteiger partial charge in [-0.3, -0.25) is 4.98 Å². The molecule has 3 aromatic rings. The molecule has 0 aliphatic carbocycles. The van der Waals surface area contributed by atoms with E-state index in [1.807, 2.05) is 44.2 Å². The Bertz CT molecular complexity index is 1310. The first-order valence-corrected chi connectivity index (χ1v) is 14.4. The minimum atomic E-state index is -3.54. The highest BCUT2D eigenvalue weighted by Crippen LogP contribution is 2.25. The van der Waals surface area contributed by atoms with Gasteiger partial charge in [0.25, 0.3) is 0 Å². The number of hydrogen-bond acceptors (Lipinski definition) is 5. The molecular formula is C26H32BrN5O3S. The number of likely N-dealkylation sites (tertiary alicyclic amines) is 1. The first kappa shape index (κ1) is 26.5. The zero-order valence-corrected chi connectivity index (χ0v) is 23.0. The second kappa shape index (κ2) is 11.7. The van der Waals surface area contributed by atoms with Crippen molar-refractivity contribution >= 4 is 48.6 Å². The molecule has 0 spiro atoms. The van der Waals surface area contributed by atoms with Crippen molar-refractivity contribution in [1.82, 2.24) is 19.5 Å². The van der Waals surface area contributed by atoms with Crippen molar-refractivity contribution in [2.24, 2.45) is 0 Å². The fourth-order valence-electron chi connectivity index (χ4n) is 4.70. The summed E-state index contributed by atoms with van der Waals surface area (Å²) in [6, 6.07) is 16.1. The van der Waals surface area contributed by atoms with Crippen molar-refractivity contribution in [3.8, 4) is 0 Å². The van der Waals surface area contributed by atoms with Crippen molar-refractivity contribution < 1.29 is 13.2 Å². The number of aromatic nitrogens is 1. The highest BCUT2D eigenvalue weighted by Gasteiger charge is 2.32. The number of amides is 2. The summed E-state index contributed by atoms with van der Waals surface area (Å²) in [7, 11) is -3.54. The number of urea groups is 1. The minimum Gasteiger partial charge on any atom is -0.337 e. The van der Waals surface area contributed by atoms with Gasteiger partial charge in [0.15, 0.2) is 0 Å². The number of para-hydroxylation sites is 1. The molecule has 0 atom stereocenters. The molecule has 1 aliphatic rings. The molecule has 1 fully saturated rings. The van der Waals surface area contributed by atoms with Gasteiger partial charge in [-0.05, 0) is 69.3 Å². The number of nitrogens with one attached hydrogen (secondary N) is 2. The predicted octanol–water partition coefficient (Wildman–Crippen LogP) is 4.60. The van der Waals surface area contributed by atoms with Gasteiger partial charge in [-0.2, -0.15) is 4.31 Å². The maximum absolute atomic E-state index is 13.2. The van der Waals surface area contributed by atoms with Gasteiger partial charge in [0.2, 0.25) is 10.0 Å². The summed E-state index contributed by atoms with van der Waals surface area (Å²) in [6.07, 6.45) is 1.52. The lowest BCUT2D eigenvalue weighted by Crippen LogP contribution is -2.48. The third kappa shape index (κ3) is 6.23. The molecule has 2 amide bonds. The molecule has 10 heteroatoms. The number of pyridine rings is 1. The van der Waals surface area contributed by atoms with Crippen LogP contribution >= 0.6 is 15.9 Å². The molecule has 1 aromatic heterocycles. The number of rotatable bonds is 8. The molecule has 2 aromatic carbocycles. The first-order chi connectivity index (χ1) is 17.3. The standard InChI is InChI=1S/C26H32BrN5O3S/c1-3-32(36(34,35)22-10-8-20(27)9-11-22)21-12-15-31(16-13-21)17-14-28-26(33)30-25-18-19(2)29-24-7-5-4-6-23(24)25/h4-11,18,21H,3,12-17H2,1-2H3,(H2,28,29,30,33). The molecule has 2 N–H and O–H groups in total. The number of hydrogen-bond donors (Lipinski definition) is 2. The van der Waals surface area contributed by atoms with Gasteiger partial charge >= 0.3 is 6.03 Å². The Kier molecular flexibility index (Phi) is 8.61. The number of fused-ring (bicyclic) bond motifs is 1. The van der Waals surface area contributed by atoms with Gasteiger partial charge in [-0.1, -0.05) is 41.1 Å². The van der Waals surface area contributed by atoms with Crippen LogP contribution in [-0.4, -0.2) is 67.4 Å². The Labute approximate surface area is 221 Å². The van der Waals surface area contributed by atoms with E-state index in [4.69, 9.17) is 0 Å². The quantitative estimate of drug-likeness (QED) is 0.410. The minimum absolute atomic E-state index is 0.0284. The molecule has 1 saturated heterocycles. The van der Waals surface area contributed by atoms with Crippen molar-refractivity contribution in [3.05, 3.63) is 64.8 Å². The van der Waals surface area contributed by atoms with Crippen LogP contribution in [0, 0.1) is 6.92 Å². The van der Waals surface area contributed by atoms with E-state index in [1.165, 1.54) is 0 Å². The van der Waals surface area contributed by atoms with Gasteiger partial charge in [0, 0.05) is 41.2 Å². The fraction of sp³-hybridized carbons (Fsp3) is 0.385. The summed E-state index contributed by atoms with van der Waals surface area (Å²) in [5.74, 6) is 0. The molecule has 0 radical (unpaired) electrons. The van der Waals surface area contributed by atoms with Gasteiger partial charge in [-0.15, -0.1) is 0 Å². The lowest BCUT2D eigenvalue weighted by molar-refractivity contribution is 0.162. The van der Waals surface area contributed by atoms with Gasteiger partial charge in [0.1, 0.15) is 0 Å². The van der Waals surface area contributed by atoms with Crippen LogP contribution in [0.15, 0.2) is 64.0 Å². The number of halogens is 1. The zero-order chi connectivity index (χ0) is 25.7. The molecule has 0 unspecified atom stereocenters. The second-order valence-corrected chi connectivity index (χ2v) is 11.8. The third-order valence-corrected chi connectivity index (χ3v) is 9.07. The summed E-state index contributed by atoms with van der Waals surface area (Å²) < 4.78 is 28.9. The molecule has 36 heavy (non-hydrogen) atoms. The zero-order valence-electron chi connectivity index (χ0n) is 20.6. The Morgan fingerprint density at radius 3 is 2.53 bits per heavy atom. The first-order valence-electron chi connectivity index (χ1n) is 12.2. The smallest absolute Gasteiger partial charge is 0.319 e. The van der Waals surface area contributed by atoms with E-state index in [-0.39, 0.29) is 12.1 Å². The fourth-order valence-corrected chi connectivity index (χ4v) is 6.66. The summed E-state index contributed by atoms with van der Waals surface area (Å²) in [6.45, 7) is 7.02. The number of sulfonamides is 1. The normalized spacial score (nSPS) is 15.3. The summed E-state index contributed by atoms with van der Waals surface area (Å²) in [5, 5.41) is 6.78. The molecule has 0 saturated carbocycles. The lowest BCUT2D eigenvalue weighted by Gasteiger charge is -2.37. The van der Waals surface area contributed by atoms with Gasteiger partial charge < -0.3 is 15.5 Å². The molecular weight excluding hydrogens is 542 g/mol. The molecule has 2 heterocycles. The molecule has 0 bridgehead atoms. The van der Waals surface area contributed by atoms with Crippen molar-refractivity contribution in [1.29, 1.82) is 0 Å².